The first-order chi connectivity index (χ1) is 14.1. The van der Waals surface area contributed by atoms with Gasteiger partial charge in [0.2, 0.25) is 0 Å². The summed E-state index contributed by atoms with van der Waals surface area (Å²) < 4.78 is 0. The molecule has 5 heteroatoms. The topological polar surface area (TPSA) is 52.6 Å². The van der Waals surface area contributed by atoms with Gasteiger partial charge in [0.25, 0.3) is 5.91 Å². The van der Waals surface area contributed by atoms with Gasteiger partial charge in [-0.05, 0) is 30.4 Å². The Balaban J connectivity index is 1.65. The average Bonchev–Trinajstić information content (AvgIpc) is 3.00. The van der Waals surface area contributed by atoms with Gasteiger partial charge in [-0.1, -0.05) is 74.0 Å². The number of imide groups is 1. The molecule has 4 rings (SSSR count). The Morgan fingerprint density at radius 3 is 2.38 bits per heavy atom. The predicted molar refractivity (Wildman–Crippen MR) is 113 cm³/mol. The number of benzene rings is 2. The SMILES string of the molecule is CC[C@@H]1CCCCN1CN1C(=O)N[C@](Cc2ccccc2)(c2ccccc2)C1=O. The van der Waals surface area contributed by atoms with E-state index >= 15 is 0 Å². The smallest absolute Gasteiger partial charge is 0.319 e. The molecule has 3 amide bonds. The van der Waals surface area contributed by atoms with Gasteiger partial charge in [-0.25, -0.2) is 9.69 Å². The van der Waals surface area contributed by atoms with Crippen LogP contribution in [0.1, 0.15) is 43.7 Å². The molecule has 2 aliphatic rings. The molecule has 2 aromatic rings. The van der Waals surface area contributed by atoms with Crippen molar-refractivity contribution in [3.8, 4) is 0 Å². The van der Waals surface area contributed by atoms with Gasteiger partial charge < -0.3 is 5.32 Å². The van der Waals surface area contributed by atoms with Gasteiger partial charge in [-0.2, -0.15) is 0 Å². The highest BCUT2D eigenvalue weighted by atomic mass is 16.2. The lowest BCUT2D eigenvalue weighted by Gasteiger charge is -2.37. The van der Waals surface area contributed by atoms with E-state index in [1.807, 2.05) is 60.7 Å². The predicted octanol–water partition coefficient (Wildman–Crippen LogP) is 3.90. The Morgan fingerprint density at radius 2 is 1.69 bits per heavy atom. The minimum atomic E-state index is -1.06. The fourth-order valence-corrected chi connectivity index (χ4v) is 4.69. The zero-order valence-electron chi connectivity index (χ0n) is 17.0. The second kappa shape index (κ2) is 8.37. The molecular weight excluding hydrogens is 362 g/mol. The third kappa shape index (κ3) is 3.79. The number of nitrogens with one attached hydrogen (secondary N) is 1. The number of carbonyl (C=O) groups excluding carboxylic acids is 2. The highest BCUT2D eigenvalue weighted by molar-refractivity contribution is 6.07. The zero-order chi connectivity index (χ0) is 20.3. The van der Waals surface area contributed by atoms with Crippen LogP contribution in [-0.2, 0) is 16.8 Å². The maximum atomic E-state index is 13.7. The zero-order valence-corrected chi connectivity index (χ0v) is 17.0. The molecule has 0 spiro atoms. The summed E-state index contributed by atoms with van der Waals surface area (Å²) in [6.45, 7) is 3.48. The molecule has 2 heterocycles. The monoisotopic (exact) mass is 391 g/mol. The van der Waals surface area contributed by atoms with Gasteiger partial charge in [-0.3, -0.25) is 9.69 Å². The van der Waals surface area contributed by atoms with Crippen molar-refractivity contribution in [1.82, 2.24) is 15.1 Å². The van der Waals surface area contributed by atoms with E-state index < -0.39 is 5.54 Å². The van der Waals surface area contributed by atoms with Crippen molar-refractivity contribution in [1.29, 1.82) is 0 Å². The van der Waals surface area contributed by atoms with Crippen molar-refractivity contribution < 1.29 is 9.59 Å². The summed E-state index contributed by atoms with van der Waals surface area (Å²) in [5.41, 5.74) is 0.795. The van der Waals surface area contributed by atoms with Gasteiger partial charge in [-0.15, -0.1) is 0 Å². The summed E-state index contributed by atoms with van der Waals surface area (Å²) in [5, 5.41) is 3.07. The van der Waals surface area contributed by atoms with Crippen LogP contribution in [0.25, 0.3) is 0 Å². The lowest BCUT2D eigenvalue weighted by Crippen LogP contribution is -2.49. The highest BCUT2D eigenvalue weighted by Crippen LogP contribution is 2.33. The number of nitrogens with zero attached hydrogens (tertiary/aromatic N) is 2. The molecule has 0 aromatic heterocycles. The highest BCUT2D eigenvalue weighted by Gasteiger charge is 2.52. The third-order valence-corrected chi connectivity index (χ3v) is 6.30. The summed E-state index contributed by atoms with van der Waals surface area (Å²) in [7, 11) is 0. The maximum Gasteiger partial charge on any atom is 0.326 e. The van der Waals surface area contributed by atoms with Crippen LogP contribution in [0.5, 0.6) is 0 Å². The molecule has 0 aliphatic carbocycles. The second-order valence-electron chi connectivity index (χ2n) is 8.11. The van der Waals surface area contributed by atoms with Crippen molar-refractivity contribution >= 4 is 11.9 Å². The number of piperidine rings is 1. The molecule has 5 nitrogen and oxygen atoms in total. The van der Waals surface area contributed by atoms with E-state index in [2.05, 4.69) is 17.1 Å². The molecule has 2 aromatic carbocycles. The number of likely N-dealkylation sites (tertiary alicyclic amines) is 1. The Kier molecular flexibility index (Phi) is 5.67. The summed E-state index contributed by atoms with van der Waals surface area (Å²) >= 11 is 0. The van der Waals surface area contributed by atoms with E-state index in [0.717, 1.165) is 36.9 Å². The lowest BCUT2D eigenvalue weighted by molar-refractivity contribution is -0.133. The first-order valence-corrected chi connectivity index (χ1v) is 10.6. The van der Waals surface area contributed by atoms with Crippen LogP contribution in [0.2, 0.25) is 0 Å². The molecular formula is C24H29N3O2. The van der Waals surface area contributed by atoms with Crippen LogP contribution in [0, 0.1) is 0 Å². The molecule has 152 valence electrons. The number of amides is 3. The molecule has 0 unspecified atom stereocenters. The standard InChI is InChI=1S/C24H29N3O2/c1-2-21-15-9-10-16-26(21)18-27-22(28)24(25-23(27)29,20-13-7-4-8-14-20)17-19-11-5-3-6-12-19/h3-8,11-14,21H,2,9-10,15-18H2,1H3,(H,25,29)/t21-,24-/m1/s1. The van der Waals surface area contributed by atoms with Crippen LogP contribution in [0.3, 0.4) is 0 Å². The van der Waals surface area contributed by atoms with Gasteiger partial charge in [0.05, 0.1) is 6.67 Å². The van der Waals surface area contributed by atoms with Crippen molar-refractivity contribution in [3.05, 3.63) is 71.8 Å². The van der Waals surface area contributed by atoms with Gasteiger partial charge in [0.1, 0.15) is 0 Å². The number of hydrogen-bond donors (Lipinski definition) is 1. The first-order valence-electron chi connectivity index (χ1n) is 10.6. The third-order valence-electron chi connectivity index (χ3n) is 6.30. The average molecular weight is 392 g/mol. The quantitative estimate of drug-likeness (QED) is 0.760. The largest absolute Gasteiger partial charge is 0.326 e. The number of hydrogen-bond acceptors (Lipinski definition) is 3. The van der Waals surface area contributed by atoms with Crippen molar-refractivity contribution in [3.63, 3.8) is 0 Å². The summed E-state index contributed by atoms with van der Waals surface area (Å²) in [5.74, 6) is -0.155. The van der Waals surface area contributed by atoms with E-state index in [0.29, 0.717) is 19.1 Å². The summed E-state index contributed by atoms with van der Waals surface area (Å²) in [6, 6.07) is 19.7. The fraction of sp³-hybridized carbons (Fsp3) is 0.417. The van der Waals surface area contributed by atoms with E-state index in [4.69, 9.17) is 0 Å². The normalized spacial score (nSPS) is 25.3. The van der Waals surface area contributed by atoms with E-state index in [9.17, 15) is 9.59 Å². The minimum absolute atomic E-state index is 0.155. The van der Waals surface area contributed by atoms with Crippen LogP contribution in [-0.4, -0.2) is 41.0 Å². The Morgan fingerprint density at radius 1 is 1.00 bits per heavy atom. The first kappa shape index (κ1) is 19.6. The van der Waals surface area contributed by atoms with Gasteiger partial charge >= 0.3 is 6.03 Å². The molecule has 2 fully saturated rings. The molecule has 1 N–H and O–H groups in total. The molecule has 2 aliphatic heterocycles. The van der Waals surface area contributed by atoms with Crippen LogP contribution in [0.15, 0.2) is 60.7 Å². The van der Waals surface area contributed by atoms with E-state index in [-0.39, 0.29) is 11.9 Å². The molecule has 0 bridgehead atoms. The maximum absolute atomic E-state index is 13.7. The van der Waals surface area contributed by atoms with Gasteiger partial charge in [0.15, 0.2) is 5.54 Å². The molecule has 2 atom stereocenters. The lowest BCUT2D eigenvalue weighted by atomic mass is 9.83. The molecule has 29 heavy (non-hydrogen) atoms. The van der Waals surface area contributed by atoms with E-state index in [1.54, 1.807) is 0 Å². The van der Waals surface area contributed by atoms with Crippen LogP contribution >= 0.6 is 0 Å². The van der Waals surface area contributed by atoms with E-state index in [1.165, 1.54) is 11.3 Å². The number of carbonyl (C=O) groups is 2. The minimum Gasteiger partial charge on any atom is -0.319 e. The molecule has 2 saturated heterocycles. The van der Waals surface area contributed by atoms with Crippen molar-refractivity contribution in [2.75, 3.05) is 13.2 Å². The molecule has 0 saturated carbocycles. The fourth-order valence-electron chi connectivity index (χ4n) is 4.69. The number of urea groups is 1. The van der Waals surface area contributed by atoms with Crippen LogP contribution in [0.4, 0.5) is 4.79 Å². The Labute approximate surface area is 172 Å². The summed E-state index contributed by atoms with van der Waals surface area (Å²) in [6.07, 6.45) is 4.95. The Bertz CT molecular complexity index is 855. The number of rotatable bonds is 6. The summed E-state index contributed by atoms with van der Waals surface area (Å²) in [4.78, 5) is 30.4. The van der Waals surface area contributed by atoms with Crippen molar-refractivity contribution in [2.24, 2.45) is 0 Å². The molecule has 0 radical (unpaired) electrons. The Hall–Kier alpha value is -2.66. The van der Waals surface area contributed by atoms with Crippen molar-refractivity contribution in [2.45, 2.75) is 50.6 Å². The second-order valence-corrected chi connectivity index (χ2v) is 8.11. The van der Waals surface area contributed by atoms with Crippen LogP contribution < -0.4 is 5.32 Å². The van der Waals surface area contributed by atoms with Gasteiger partial charge in [0, 0.05) is 19.0 Å².